The van der Waals surface area contributed by atoms with E-state index in [2.05, 4.69) is 77.1 Å². The Hall–Kier alpha value is -2.39. The van der Waals surface area contributed by atoms with Crippen LogP contribution in [-0.2, 0) is 0 Å². The summed E-state index contributed by atoms with van der Waals surface area (Å²) in [5, 5.41) is 2.43. The van der Waals surface area contributed by atoms with Crippen molar-refractivity contribution in [1.29, 1.82) is 0 Å². The molecule has 0 unspecified atom stereocenters. The number of imidazole rings is 1. The second-order valence-electron chi connectivity index (χ2n) is 5.23. The summed E-state index contributed by atoms with van der Waals surface area (Å²) >= 11 is 5.56. The van der Waals surface area contributed by atoms with Crippen molar-refractivity contribution in [2.75, 3.05) is 0 Å². The largest absolute Gasteiger partial charge is 0.330 e. The van der Waals surface area contributed by atoms with E-state index < -0.39 is 0 Å². The second kappa shape index (κ2) is 4.57. The highest BCUT2D eigenvalue weighted by atomic mass is 32.1. The molecule has 3 heteroatoms. The summed E-state index contributed by atoms with van der Waals surface area (Å²) in [5.41, 5.74) is 4.55. The minimum absolute atomic E-state index is 0.732. The van der Waals surface area contributed by atoms with Crippen LogP contribution in [0.15, 0.2) is 60.7 Å². The SMILES string of the molecule is Cc1cccc2c1[nH]c(=S)n2-c1cccc2ccccc12. The summed E-state index contributed by atoms with van der Waals surface area (Å²) < 4.78 is 2.86. The standard InChI is InChI=1S/C18H14N2S/c1-12-6-4-11-16-17(12)19-18(21)20(16)15-10-5-8-13-7-2-3-9-14(13)15/h2-11H,1H3,(H,19,21). The van der Waals surface area contributed by atoms with Crippen LogP contribution >= 0.6 is 12.2 Å². The Morgan fingerprint density at radius 2 is 1.67 bits per heavy atom. The van der Waals surface area contributed by atoms with E-state index in [0.717, 1.165) is 21.5 Å². The molecule has 4 aromatic rings. The van der Waals surface area contributed by atoms with Gasteiger partial charge in [-0.15, -0.1) is 0 Å². The van der Waals surface area contributed by atoms with Crippen LogP contribution in [0.5, 0.6) is 0 Å². The third-order valence-electron chi connectivity index (χ3n) is 3.93. The Kier molecular flexibility index (Phi) is 2.69. The first kappa shape index (κ1) is 12.4. The lowest BCUT2D eigenvalue weighted by Gasteiger charge is -2.09. The number of rotatable bonds is 1. The van der Waals surface area contributed by atoms with Crippen LogP contribution in [0, 0.1) is 11.7 Å². The monoisotopic (exact) mass is 290 g/mol. The summed E-state index contributed by atoms with van der Waals surface area (Å²) in [6, 6.07) is 21.0. The van der Waals surface area contributed by atoms with Gasteiger partial charge in [-0.2, -0.15) is 0 Å². The van der Waals surface area contributed by atoms with Crippen molar-refractivity contribution in [3.05, 3.63) is 71.0 Å². The Morgan fingerprint density at radius 3 is 2.57 bits per heavy atom. The van der Waals surface area contributed by atoms with Crippen molar-refractivity contribution in [3.63, 3.8) is 0 Å². The van der Waals surface area contributed by atoms with Gasteiger partial charge in [0.1, 0.15) is 0 Å². The second-order valence-corrected chi connectivity index (χ2v) is 5.62. The summed E-state index contributed by atoms with van der Waals surface area (Å²) in [6.45, 7) is 2.10. The number of nitrogens with one attached hydrogen (secondary N) is 1. The summed E-state index contributed by atoms with van der Waals surface area (Å²) in [4.78, 5) is 3.34. The first-order chi connectivity index (χ1) is 10.3. The molecule has 1 heterocycles. The molecule has 0 aliphatic heterocycles. The van der Waals surface area contributed by atoms with E-state index in [4.69, 9.17) is 12.2 Å². The van der Waals surface area contributed by atoms with E-state index in [1.54, 1.807) is 0 Å². The first-order valence-corrected chi connectivity index (χ1v) is 7.35. The molecule has 102 valence electrons. The van der Waals surface area contributed by atoms with E-state index in [1.165, 1.54) is 16.3 Å². The number of aromatic amines is 1. The minimum Gasteiger partial charge on any atom is -0.330 e. The molecule has 3 aromatic carbocycles. The number of H-pyrrole nitrogens is 1. The lowest BCUT2D eigenvalue weighted by atomic mass is 10.1. The summed E-state index contributed by atoms with van der Waals surface area (Å²) in [6.07, 6.45) is 0. The quantitative estimate of drug-likeness (QED) is 0.481. The Morgan fingerprint density at radius 1 is 0.905 bits per heavy atom. The zero-order valence-electron chi connectivity index (χ0n) is 11.6. The normalized spacial score (nSPS) is 11.3. The van der Waals surface area contributed by atoms with Gasteiger partial charge in [-0.3, -0.25) is 4.57 Å². The minimum atomic E-state index is 0.732. The van der Waals surface area contributed by atoms with Crippen molar-refractivity contribution in [3.8, 4) is 5.69 Å². The Balaban J connectivity index is 2.17. The highest BCUT2D eigenvalue weighted by Gasteiger charge is 2.10. The average Bonchev–Trinajstić information content (AvgIpc) is 2.84. The lowest BCUT2D eigenvalue weighted by Crippen LogP contribution is -1.95. The number of para-hydroxylation sites is 1. The molecule has 21 heavy (non-hydrogen) atoms. The molecule has 4 rings (SSSR count). The Labute approximate surface area is 127 Å². The molecule has 0 spiro atoms. The average molecular weight is 290 g/mol. The molecule has 1 aromatic heterocycles. The fraction of sp³-hybridized carbons (Fsp3) is 0.0556. The summed E-state index contributed by atoms with van der Waals surface area (Å²) in [5.74, 6) is 0. The van der Waals surface area contributed by atoms with Gasteiger partial charge in [-0.05, 0) is 42.2 Å². The van der Waals surface area contributed by atoms with Gasteiger partial charge in [0.05, 0.1) is 16.7 Å². The fourth-order valence-corrected chi connectivity index (χ4v) is 3.21. The van der Waals surface area contributed by atoms with Crippen LogP contribution in [0.4, 0.5) is 0 Å². The third-order valence-corrected chi connectivity index (χ3v) is 4.22. The van der Waals surface area contributed by atoms with E-state index in [0.29, 0.717) is 0 Å². The molecule has 0 bridgehead atoms. The lowest BCUT2D eigenvalue weighted by molar-refractivity contribution is 1.08. The number of aryl methyl sites for hydroxylation is 1. The number of hydrogen-bond acceptors (Lipinski definition) is 1. The molecular formula is C18H14N2S. The molecule has 0 radical (unpaired) electrons. The highest BCUT2D eigenvalue weighted by molar-refractivity contribution is 7.71. The predicted molar refractivity (Wildman–Crippen MR) is 90.7 cm³/mol. The molecular weight excluding hydrogens is 276 g/mol. The van der Waals surface area contributed by atoms with E-state index in [-0.39, 0.29) is 0 Å². The number of aromatic nitrogens is 2. The molecule has 0 atom stereocenters. The van der Waals surface area contributed by atoms with Crippen LogP contribution in [0.2, 0.25) is 0 Å². The molecule has 1 N–H and O–H groups in total. The van der Waals surface area contributed by atoms with Crippen molar-refractivity contribution in [1.82, 2.24) is 9.55 Å². The number of benzene rings is 3. The molecule has 0 amide bonds. The molecule has 2 nitrogen and oxygen atoms in total. The maximum atomic E-state index is 5.56. The van der Waals surface area contributed by atoms with E-state index >= 15 is 0 Å². The molecule has 0 fully saturated rings. The van der Waals surface area contributed by atoms with Gasteiger partial charge in [0.2, 0.25) is 0 Å². The van der Waals surface area contributed by atoms with Gasteiger partial charge in [0.15, 0.2) is 4.77 Å². The zero-order valence-corrected chi connectivity index (χ0v) is 12.4. The van der Waals surface area contributed by atoms with Crippen molar-refractivity contribution >= 4 is 34.0 Å². The van der Waals surface area contributed by atoms with Crippen LogP contribution in [0.25, 0.3) is 27.5 Å². The van der Waals surface area contributed by atoms with Gasteiger partial charge in [-0.25, -0.2) is 0 Å². The molecule has 0 aliphatic rings. The van der Waals surface area contributed by atoms with Gasteiger partial charge in [0, 0.05) is 5.39 Å². The van der Waals surface area contributed by atoms with Crippen LogP contribution < -0.4 is 0 Å². The number of nitrogens with zero attached hydrogens (tertiary/aromatic N) is 1. The predicted octanol–water partition coefficient (Wildman–Crippen LogP) is 5.15. The van der Waals surface area contributed by atoms with Gasteiger partial charge in [0.25, 0.3) is 0 Å². The number of fused-ring (bicyclic) bond motifs is 2. The topological polar surface area (TPSA) is 20.7 Å². The smallest absolute Gasteiger partial charge is 0.182 e. The summed E-state index contributed by atoms with van der Waals surface area (Å²) in [7, 11) is 0. The fourth-order valence-electron chi connectivity index (χ4n) is 2.92. The number of hydrogen-bond donors (Lipinski definition) is 1. The van der Waals surface area contributed by atoms with E-state index in [1.807, 2.05) is 0 Å². The van der Waals surface area contributed by atoms with Gasteiger partial charge >= 0.3 is 0 Å². The maximum absolute atomic E-state index is 5.56. The zero-order chi connectivity index (χ0) is 14.4. The van der Waals surface area contributed by atoms with Crippen LogP contribution in [-0.4, -0.2) is 9.55 Å². The molecule has 0 aliphatic carbocycles. The van der Waals surface area contributed by atoms with Crippen molar-refractivity contribution in [2.45, 2.75) is 6.92 Å². The Bertz CT molecular complexity index is 1020. The molecule has 0 saturated carbocycles. The third kappa shape index (κ3) is 1.82. The van der Waals surface area contributed by atoms with Crippen molar-refractivity contribution < 1.29 is 0 Å². The highest BCUT2D eigenvalue weighted by Crippen LogP contribution is 2.27. The molecule has 0 saturated heterocycles. The van der Waals surface area contributed by atoms with Gasteiger partial charge in [-0.1, -0.05) is 48.5 Å². The first-order valence-electron chi connectivity index (χ1n) is 6.94. The van der Waals surface area contributed by atoms with Crippen molar-refractivity contribution in [2.24, 2.45) is 0 Å². The maximum Gasteiger partial charge on any atom is 0.182 e. The van der Waals surface area contributed by atoms with Gasteiger partial charge < -0.3 is 4.98 Å². The van der Waals surface area contributed by atoms with Crippen LogP contribution in [0.1, 0.15) is 5.56 Å². The van der Waals surface area contributed by atoms with E-state index in [9.17, 15) is 0 Å². The van der Waals surface area contributed by atoms with Crippen LogP contribution in [0.3, 0.4) is 0 Å².